The van der Waals surface area contributed by atoms with Gasteiger partial charge in [0.25, 0.3) is 5.79 Å². The zero-order valence-corrected chi connectivity index (χ0v) is 18.2. The largest absolute Gasteiger partial charge is 0.448 e. The summed E-state index contributed by atoms with van der Waals surface area (Å²) in [5.74, 6) is -9.55. The van der Waals surface area contributed by atoms with Crippen LogP contribution in [-0.4, -0.2) is 17.7 Å². The molecular weight excluding hydrogens is 528 g/mol. The predicted octanol–water partition coefficient (Wildman–Crippen LogP) is 5.81. The number of benzene rings is 2. The molecule has 0 aliphatic carbocycles. The van der Waals surface area contributed by atoms with Crippen LogP contribution in [0.25, 0.3) is 0 Å². The fourth-order valence-corrected chi connectivity index (χ4v) is 3.14. The Hall–Kier alpha value is -3.22. The minimum absolute atomic E-state index is 0.0285. The molecule has 176 valence electrons. The number of ether oxygens (including phenoxy) is 3. The third-order valence-corrected chi connectivity index (χ3v) is 4.62. The first-order chi connectivity index (χ1) is 15.2. The number of cyclic esters (lactones) is 2. The van der Waals surface area contributed by atoms with E-state index < -0.39 is 64.0 Å². The fourth-order valence-electron chi connectivity index (χ4n) is 2.62. The number of anilines is 1. The van der Waals surface area contributed by atoms with Crippen LogP contribution in [0.2, 0.25) is 0 Å². The number of carbonyl (C=O) groups is 2. The first-order valence-corrected chi connectivity index (χ1v) is 9.64. The normalized spacial score (nSPS) is 15.6. The lowest BCUT2D eigenvalue weighted by atomic mass is 10.2. The van der Waals surface area contributed by atoms with E-state index in [1.807, 2.05) is 0 Å². The summed E-state index contributed by atoms with van der Waals surface area (Å²) in [6, 6.07) is 1.68. The number of carbonyl (C=O) groups excluding carboxylic acids is 2. The van der Waals surface area contributed by atoms with Crippen molar-refractivity contribution >= 4 is 33.6 Å². The van der Waals surface area contributed by atoms with E-state index in [0.717, 1.165) is 18.3 Å². The molecule has 0 atom stereocenters. The maximum absolute atomic E-state index is 14.2. The molecule has 1 N–H and O–H groups in total. The highest BCUT2D eigenvalue weighted by Crippen LogP contribution is 2.41. The lowest BCUT2D eigenvalue weighted by Gasteiger charge is -2.29. The maximum atomic E-state index is 14.2. The van der Waals surface area contributed by atoms with E-state index in [2.05, 4.69) is 21.2 Å². The Bertz CT molecular complexity index is 1130. The van der Waals surface area contributed by atoms with Gasteiger partial charge in [-0.1, -0.05) is 0 Å². The van der Waals surface area contributed by atoms with E-state index in [1.54, 1.807) is 0 Å². The quantitative estimate of drug-likeness (QED) is 0.229. The molecule has 0 unspecified atom stereocenters. The predicted molar refractivity (Wildman–Crippen MR) is 104 cm³/mol. The lowest BCUT2D eigenvalue weighted by Crippen LogP contribution is -2.42. The first kappa shape index (κ1) is 24.4. The standard InChI is InChI=1S/C20H12BrF6NO5/c1-19(2)32-17(29)10(18(30)33-19)7-28-14-6-9(22)5-11(21)15(14)31-16-12(23)3-8(4-13(16)24)20(25,26)27/h3-7,28H,1-2H3. The monoisotopic (exact) mass is 539 g/mol. The molecule has 1 aliphatic rings. The SMILES string of the molecule is CC1(C)OC(=O)C(=CNc2cc(F)cc(Br)c2Oc2c(F)cc(C(F)(F)F)cc2F)C(=O)O1. The molecule has 0 spiro atoms. The van der Waals surface area contributed by atoms with Gasteiger partial charge in [0.05, 0.1) is 15.7 Å². The van der Waals surface area contributed by atoms with Gasteiger partial charge < -0.3 is 19.5 Å². The van der Waals surface area contributed by atoms with Crippen molar-refractivity contribution in [2.75, 3.05) is 5.32 Å². The molecule has 2 aromatic rings. The second-order valence-electron chi connectivity index (χ2n) is 7.01. The lowest BCUT2D eigenvalue weighted by molar-refractivity contribution is -0.222. The molecule has 13 heteroatoms. The van der Waals surface area contributed by atoms with Crippen molar-refractivity contribution in [3.05, 3.63) is 63.5 Å². The van der Waals surface area contributed by atoms with Gasteiger partial charge in [0.2, 0.25) is 0 Å². The molecule has 1 heterocycles. The highest BCUT2D eigenvalue weighted by molar-refractivity contribution is 9.10. The molecule has 0 saturated carbocycles. The molecular formula is C20H12BrF6NO5. The molecule has 6 nitrogen and oxygen atoms in total. The van der Waals surface area contributed by atoms with E-state index in [1.165, 1.54) is 13.8 Å². The third kappa shape index (κ3) is 5.41. The van der Waals surface area contributed by atoms with Crippen molar-refractivity contribution < 1.29 is 50.1 Å². The summed E-state index contributed by atoms with van der Waals surface area (Å²) in [6.45, 7) is 2.63. The second-order valence-corrected chi connectivity index (χ2v) is 7.87. The van der Waals surface area contributed by atoms with Crippen molar-refractivity contribution in [3.8, 4) is 11.5 Å². The van der Waals surface area contributed by atoms with Crippen LogP contribution >= 0.6 is 15.9 Å². The maximum Gasteiger partial charge on any atom is 0.416 e. The summed E-state index contributed by atoms with van der Waals surface area (Å²) in [4.78, 5) is 24.0. The van der Waals surface area contributed by atoms with Gasteiger partial charge >= 0.3 is 18.1 Å². The Labute approximate surface area is 190 Å². The average Bonchev–Trinajstić information content (AvgIpc) is 2.63. The van der Waals surface area contributed by atoms with Gasteiger partial charge in [-0.25, -0.2) is 22.8 Å². The van der Waals surface area contributed by atoms with Gasteiger partial charge in [-0.2, -0.15) is 13.2 Å². The van der Waals surface area contributed by atoms with Crippen LogP contribution in [-0.2, 0) is 25.2 Å². The van der Waals surface area contributed by atoms with Gasteiger partial charge in [0, 0.05) is 26.1 Å². The second kappa shape index (κ2) is 8.61. The van der Waals surface area contributed by atoms with E-state index in [9.17, 15) is 35.9 Å². The molecule has 0 bridgehead atoms. The number of hydrogen-bond donors (Lipinski definition) is 1. The molecule has 33 heavy (non-hydrogen) atoms. The number of nitrogens with one attached hydrogen (secondary N) is 1. The minimum atomic E-state index is -5.01. The van der Waals surface area contributed by atoms with Crippen LogP contribution in [0, 0.1) is 17.5 Å². The highest BCUT2D eigenvalue weighted by Gasteiger charge is 2.39. The van der Waals surface area contributed by atoms with Crippen molar-refractivity contribution in [2.45, 2.75) is 25.8 Å². The highest BCUT2D eigenvalue weighted by atomic mass is 79.9. The Kier molecular flexibility index (Phi) is 6.37. The summed E-state index contributed by atoms with van der Waals surface area (Å²) in [5, 5.41) is 2.36. The van der Waals surface area contributed by atoms with Crippen molar-refractivity contribution in [1.82, 2.24) is 0 Å². The number of hydrogen-bond acceptors (Lipinski definition) is 6. The van der Waals surface area contributed by atoms with E-state index >= 15 is 0 Å². The van der Waals surface area contributed by atoms with Crippen molar-refractivity contribution in [1.29, 1.82) is 0 Å². The summed E-state index contributed by atoms with van der Waals surface area (Å²) in [7, 11) is 0. The van der Waals surface area contributed by atoms with Gasteiger partial charge in [0.1, 0.15) is 5.82 Å². The number of halogens is 7. The number of rotatable bonds is 4. The molecule has 2 aromatic carbocycles. The summed E-state index contributed by atoms with van der Waals surface area (Å²) in [6.07, 6.45) is -4.22. The summed E-state index contributed by atoms with van der Waals surface area (Å²) in [5.41, 5.74) is -2.55. The van der Waals surface area contributed by atoms with Crippen LogP contribution in [0.4, 0.5) is 32.0 Å². The Balaban J connectivity index is 1.98. The molecule has 1 saturated heterocycles. The van der Waals surface area contributed by atoms with Crippen LogP contribution in [0.5, 0.6) is 11.5 Å². The molecule has 1 aliphatic heterocycles. The van der Waals surface area contributed by atoms with Gasteiger partial charge in [-0.3, -0.25) is 0 Å². The average molecular weight is 540 g/mol. The van der Waals surface area contributed by atoms with E-state index in [0.29, 0.717) is 0 Å². The van der Waals surface area contributed by atoms with Crippen LogP contribution in [0.3, 0.4) is 0 Å². The van der Waals surface area contributed by atoms with E-state index in [4.69, 9.17) is 14.2 Å². The van der Waals surface area contributed by atoms with Crippen molar-refractivity contribution in [3.63, 3.8) is 0 Å². The van der Waals surface area contributed by atoms with Crippen LogP contribution < -0.4 is 10.1 Å². The zero-order valence-electron chi connectivity index (χ0n) is 16.6. The van der Waals surface area contributed by atoms with Gasteiger partial charge in [0.15, 0.2) is 28.7 Å². The molecule has 0 amide bonds. The summed E-state index contributed by atoms with van der Waals surface area (Å²) >= 11 is 2.92. The Morgan fingerprint density at radius 2 is 1.52 bits per heavy atom. The Morgan fingerprint density at radius 1 is 0.970 bits per heavy atom. The smallest absolute Gasteiger partial charge is 0.416 e. The van der Waals surface area contributed by atoms with Gasteiger partial charge in [-0.15, -0.1) is 0 Å². The summed E-state index contributed by atoms with van der Waals surface area (Å²) < 4.78 is 95.3. The minimum Gasteiger partial charge on any atom is -0.448 e. The fraction of sp³-hybridized carbons (Fsp3) is 0.200. The van der Waals surface area contributed by atoms with Crippen LogP contribution in [0.1, 0.15) is 19.4 Å². The molecule has 1 fully saturated rings. The zero-order chi connectivity index (χ0) is 24.7. The van der Waals surface area contributed by atoms with Crippen LogP contribution in [0.15, 0.2) is 40.5 Å². The number of esters is 2. The topological polar surface area (TPSA) is 73.9 Å². The third-order valence-electron chi connectivity index (χ3n) is 4.03. The number of alkyl halides is 3. The van der Waals surface area contributed by atoms with E-state index in [-0.39, 0.29) is 22.3 Å². The Morgan fingerprint density at radius 3 is 2.03 bits per heavy atom. The van der Waals surface area contributed by atoms with Gasteiger partial charge in [-0.05, 0) is 34.1 Å². The molecule has 0 aromatic heterocycles. The first-order valence-electron chi connectivity index (χ1n) is 8.84. The molecule has 3 rings (SSSR count). The molecule has 0 radical (unpaired) electrons. The van der Waals surface area contributed by atoms with Crippen molar-refractivity contribution in [2.24, 2.45) is 0 Å².